The quantitative estimate of drug-likeness (QED) is 0.461. The third-order valence-electron chi connectivity index (χ3n) is 1.48. The van der Waals surface area contributed by atoms with E-state index in [0.29, 0.717) is 13.2 Å². The summed E-state index contributed by atoms with van der Waals surface area (Å²) in [5.74, 6) is 0.176. The van der Waals surface area contributed by atoms with Crippen LogP contribution in [0.15, 0.2) is 0 Å². The Balaban J connectivity index is 2.30. The van der Waals surface area contributed by atoms with E-state index in [2.05, 4.69) is 0 Å². The number of aliphatic hydroxyl groups excluding tert-OH is 1. The molecule has 0 spiro atoms. The number of hydrogen-bond donors (Lipinski definition) is 2. The van der Waals surface area contributed by atoms with E-state index in [1.807, 2.05) is 0 Å². The lowest BCUT2D eigenvalue weighted by Gasteiger charge is -2.06. The third kappa shape index (κ3) is 0.992. The summed E-state index contributed by atoms with van der Waals surface area (Å²) in [6, 6.07) is 0.0556. The van der Waals surface area contributed by atoms with Crippen molar-refractivity contribution in [2.75, 3.05) is 19.8 Å². The summed E-state index contributed by atoms with van der Waals surface area (Å²) in [5.41, 5.74) is 5.50. The molecule has 3 nitrogen and oxygen atoms in total. The maximum absolute atomic E-state index is 8.58. The van der Waals surface area contributed by atoms with Gasteiger partial charge in [0.1, 0.15) is 0 Å². The molecular weight excluding hydrogens is 106 g/mol. The average molecular weight is 117 g/mol. The lowest BCUT2D eigenvalue weighted by atomic mass is 10.1. The SMILES string of the molecule is NC1COCC1CO. The van der Waals surface area contributed by atoms with Crippen molar-refractivity contribution in [2.45, 2.75) is 6.04 Å². The first-order valence-electron chi connectivity index (χ1n) is 2.78. The zero-order chi connectivity index (χ0) is 5.98. The molecule has 0 aromatic rings. The molecule has 1 fully saturated rings. The van der Waals surface area contributed by atoms with Crippen molar-refractivity contribution in [3.05, 3.63) is 0 Å². The van der Waals surface area contributed by atoms with Gasteiger partial charge in [-0.3, -0.25) is 0 Å². The maximum Gasteiger partial charge on any atom is 0.0622 e. The normalized spacial score (nSPS) is 38.2. The molecule has 3 heteroatoms. The molecule has 1 aliphatic rings. The molecule has 0 aromatic heterocycles. The Hall–Kier alpha value is -0.120. The highest BCUT2D eigenvalue weighted by Gasteiger charge is 2.23. The Kier molecular flexibility index (Phi) is 1.83. The van der Waals surface area contributed by atoms with Gasteiger partial charge in [0.2, 0.25) is 0 Å². The second-order valence-electron chi connectivity index (χ2n) is 2.14. The molecule has 8 heavy (non-hydrogen) atoms. The van der Waals surface area contributed by atoms with Crippen LogP contribution < -0.4 is 5.73 Å². The van der Waals surface area contributed by atoms with Crippen LogP contribution in [0.25, 0.3) is 0 Å². The average Bonchev–Trinajstić information content (AvgIpc) is 2.14. The lowest BCUT2D eigenvalue weighted by Crippen LogP contribution is -2.30. The van der Waals surface area contributed by atoms with Crippen LogP contribution in [0.2, 0.25) is 0 Å². The summed E-state index contributed by atoms with van der Waals surface area (Å²) in [6.45, 7) is 1.38. The first-order chi connectivity index (χ1) is 3.84. The van der Waals surface area contributed by atoms with Gasteiger partial charge in [-0.15, -0.1) is 0 Å². The molecule has 0 aliphatic carbocycles. The molecular formula is C5H11NO2. The number of nitrogens with two attached hydrogens (primary N) is 1. The lowest BCUT2D eigenvalue weighted by molar-refractivity contribution is 0.161. The Morgan fingerprint density at radius 2 is 2.38 bits per heavy atom. The summed E-state index contributed by atoms with van der Waals surface area (Å²) in [7, 11) is 0. The van der Waals surface area contributed by atoms with Gasteiger partial charge in [-0.05, 0) is 0 Å². The van der Waals surface area contributed by atoms with Crippen LogP contribution in [0.4, 0.5) is 0 Å². The van der Waals surface area contributed by atoms with Crippen LogP contribution >= 0.6 is 0 Å². The molecule has 0 radical (unpaired) electrons. The van der Waals surface area contributed by atoms with Gasteiger partial charge in [-0.2, -0.15) is 0 Å². The van der Waals surface area contributed by atoms with E-state index in [-0.39, 0.29) is 18.6 Å². The highest BCUT2D eigenvalue weighted by Crippen LogP contribution is 2.09. The topological polar surface area (TPSA) is 55.5 Å². The van der Waals surface area contributed by atoms with Crippen molar-refractivity contribution in [1.29, 1.82) is 0 Å². The second kappa shape index (κ2) is 2.44. The van der Waals surface area contributed by atoms with E-state index < -0.39 is 0 Å². The monoisotopic (exact) mass is 117 g/mol. The van der Waals surface area contributed by atoms with E-state index in [4.69, 9.17) is 15.6 Å². The fraction of sp³-hybridized carbons (Fsp3) is 1.00. The number of ether oxygens (including phenoxy) is 1. The van der Waals surface area contributed by atoms with Gasteiger partial charge in [0.15, 0.2) is 0 Å². The van der Waals surface area contributed by atoms with Crippen LogP contribution in [0, 0.1) is 5.92 Å². The minimum absolute atomic E-state index is 0.0556. The molecule has 0 bridgehead atoms. The van der Waals surface area contributed by atoms with E-state index in [1.165, 1.54) is 0 Å². The number of aliphatic hydroxyl groups is 1. The highest BCUT2D eigenvalue weighted by atomic mass is 16.5. The standard InChI is InChI=1S/C5H11NO2/c6-5-3-8-2-4(5)1-7/h4-5,7H,1-3,6H2. The first-order valence-corrected chi connectivity index (χ1v) is 2.78. The molecule has 3 N–H and O–H groups in total. The van der Waals surface area contributed by atoms with Gasteiger partial charge in [0.25, 0.3) is 0 Å². The van der Waals surface area contributed by atoms with E-state index in [1.54, 1.807) is 0 Å². The van der Waals surface area contributed by atoms with Crippen molar-refractivity contribution < 1.29 is 9.84 Å². The molecule has 0 saturated carbocycles. The Bertz CT molecular complexity index is 76.8. The van der Waals surface area contributed by atoms with E-state index in [0.717, 1.165) is 0 Å². The summed E-state index contributed by atoms with van der Waals surface area (Å²) >= 11 is 0. The summed E-state index contributed by atoms with van der Waals surface area (Å²) in [5, 5.41) is 8.58. The van der Waals surface area contributed by atoms with Crippen LogP contribution in [0.1, 0.15) is 0 Å². The minimum atomic E-state index is 0.0556. The van der Waals surface area contributed by atoms with Crippen molar-refractivity contribution in [3.8, 4) is 0 Å². The predicted octanol–water partition coefficient (Wildman–Crippen LogP) is -1.05. The Morgan fingerprint density at radius 1 is 1.62 bits per heavy atom. The number of rotatable bonds is 1. The van der Waals surface area contributed by atoms with Gasteiger partial charge >= 0.3 is 0 Å². The largest absolute Gasteiger partial charge is 0.396 e. The van der Waals surface area contributed by atoms with E-state index >= 15 is 0 Å². The first kappa shape index (κ1) is 6.01. The molecule has 48 valence electrons. The fourth-order valence-corrected chi connectivity index (χ4v) is 0.803. The molecule has 2 atom stereocenters. The van der Waals surface area contributed by atoms with Crippen molar-refractivity contribution >= 4 is 0 Å². The molecule has 1 rings (SSSR count). The van der Waals surface area contributed by atoms with Crippen LogP contribution in [-0.2, 0) is 4.74 Å². The Morgan fingerprint density at radius 3 is 2.62 bits per heavy atom. The van der Waals surface area contributed by atoms with Gasteiger partial charge in [0, 0.05) is 18.6 Å². The van der Waals surface area contributed by atoms with Gasteiger partial charge in [-0.1, -0.05) is 0 Å². The van der Waals surface area contributed by atoms with Crippen molar-refractivity contribution in [1.82, 2.24) is 0 Å². The van der Waals surface area contributed by atoms with Crippen LogP contribution in [0.5, 0.6) is 0 Å². The fourth-order valence-electron chi connectivity index (χ4n) is 0.803. The molecule has 1 heterocycles. The van der Waals surface area contributed by atoms with Gasteiger partial charge < -0.3 is 15.6 Å². The maximum atomic E-state index is 8.58. The van der Waals surface area contributed by atoms with E-state index in [9.17, 15) is 0 Å². The van der Waals surface area contributed by atoms with Crippen LogP contribution in [-0.4, -0.2) is 31.0 Å². The number of hydrogen-bond acceptors (Lipinski definition) is 3. The highest BCUT2D eigenvalue weighted by molar-refractivity contribution is 4.76. The molecule has 0 amide bonds. The molecule has 2 unspecified atom stereocenters. The van der Waals surface area contributed by atoms with Crippen molar-refractivity contribution in [2.24, 2.45) is 11.7 Å². The minimum Gasteiger partial charge on any atom is -0.396 e. The zero-order valence-corrected chi connectivity index (χ0v) is 4.71. The Labute approximate surface area is 48.4 Å². The van der Waals surface area contributed by atoms with Gasteiger partial charge in [0.05, 0.1) is 13.2 Å². The van der Waals surface area contributed by atoms with Crippen molar-refractivity contribution in [3.63, 3.8) is 0 Å². The predicted molar refractivity (Wildman–Crippen MR) is 29.4 cm³/mol. The summed E-state index contributed by atoms with van der Waals surface area (Å²) in [6.07, 6.45) is 0. The molecule has 0 aromatic carbocycles. The second-order valence-corrected chi connectivity index (χ2v) is 2.14. The summed E-state index contributed by atoms with van der Waals surface area (Å²) in [4.78, 5) is 0. The summed E-state index contributed by atoms with van der Waals surface area (Å²) < 4.78 is 4.98. The molecule has 1 saturated heterocycles. The zero-order valence-electron chi connectivity index (χ0n) is 4.71. The van der Waals surface area contributed by atoms with Gasteiger partial charge in [-0.25, -0.2) is 0 Å². The smallest absolute Gasteiger partial charge is 0.0622 e. The van der Waals surface area contributed by atoms with Crippen LogP contribution in [0.3, 0.4) is 0 Å². The third-order valence-corrected chi connectivity index (χ3v) is 1.48. The molecule has 1 aliphatic heterocycles.